The van der Waals surface area contributed by atoms with E-state index in [0.29, 0.717) is 19.6 Å². The molecule has 1 aliphatic heterocycles. The fourth-order valence-electron chi connectivity index (χ4n) is 1.47. The first-order valence-electron chi connectivity index (χ1n) is 5.20. The van der Waals surface area contributed by atoms with Crippen molar-refractivity contribution >= 4 is 5.97 Å². The molecule has 1 unspecified atom stereocenters. The van der Waals surface area contributed by atoms with Gasteiger partial charge in [-0.25, -0.2) is 0 Å². The van der Waals surface area contributed by atoms with E-state index in [9.17, 15) is 4.79 Å². The first-order valence-corrected chi connectivity index (χ1v) is 5.20. The van der Waals surface area contributed by atoms with Crippen LogP contribution in [0.15, 0.2) is 0 Å². The summed E-state index contributed by atoms with van der Waals surface area (Å²) in [6.45, 7) is 2.16. The standard InChI is InChI=1S/C10H18O4/c11-10(12)5-1-2-6-13-8-9-4-3-7-14-9/h9H,1-8H2,(H,11,12). The molecule has 0 bridgehead atoms. The van der Waals surface area contributed by atoms with Crippen LogP contribution >= 0.6 is 0 Å². The molecule has 0 aromatic carbocycles. The van der Waals surface area contributed by atoms with E-state index in [-0.39, 0.29) is 12.5 Å². The molecule has 0 amide bonds. The first-order chi connectivity index (χ1) is 6.79. The number of hydrogen-bond acceptors (Lipinski definition) is 3. The van der Waals surface area contributed by atoms with Crippen LogP contribution in [0.3, 0.4) is 0 Å². The lowest BCUT2D eigenvalue weighted by molar-refractivity contribution is -0.137. The Morgan fingerprint density at radius 3 is 3.00 bits per heavy atom. The number of hydrogen-bond donors (Lipinski definition) is 1. The van der Waals surface area contributed by atoms with Crippen LogP contribution in [-0.4, -0.2) is 37.0 Å². The molecule has 0 saturated carbocycles. The molecule has 14 heavy (non-hydrogen) atoms. The van der Waals surface area contributed by atoms with Gasteiger partial charge in [0, 0.05) is 19.6 Å². The van der Waals surface area contributed by atoms with Crippen molar-refractivity contribution in [2.75, 3.05) is 19.8 Å². The smallest absolute Gasteiger partial charge is 0.303 e. The lowest BCUT2D eigenvalue weighted by Crippen LogP contribution is -2.14. The second kappa shape index (κ2) is 6.79. The molecule has 4 nitrogen and oxygen atoms in total. The molecule has 1 N–H and O–H groups in total. The molecule has 1 saturated heterocycles. The summed E-state index contributed by atoms with van der Waals surface area (Å²) in [6.07, 6.45) is 4.25. The summed E-state index contributed by atoms with van der Waals surface area (Å²) < 4.78 is 10.8. The zero-order valence-corrected chi connectivity index (χ0v) is 8.41. The van der Waals surface area contributed by atoms with E-state index < -0.39 is 5.97 Å². The Balaban J connectivity index is 1.82. The van der Waals surface area contributed by atoms with Crippen molar-refractivity contribution in [1.82, 2.24) is 0 Å². The van der Waals surface area contributed by atoms with Gasteiger partial charge in [0.1, 0.15) is 0 Å². The minimum absolute atomic E-state index is 0.239. The highest BCUT2D eigenvalue weighted by Gasteiger charge is 2.14. The molecule has 1 aliphatic rings. The minimum atomic E-state index is -0.732. The maximum Gasteiger partial charge on any atom is 0.303 e. The molecule has 0 aliphatic carbocycles. The fraction of sp³-hybridized carbons (Fsp3) is 0.900. The second-order valence-electron chi connectivity index (χ2n) is 3.56. The van der Waals surface area contributed by atoms with E-state index in [1.807, 2.05) is 0 Å². The predicted octanol–water partition coefficient (Wildman–Crippen LogP) is 1.44. The molecule has 1 fully saturated rings. The average molecular weight is 202 g/mol. The quantitative estimate of drug-likeness (QED) is 0.635. The summed E-state index contributed by atoms with van der Waals surface area (Å²) in [4.78, 5) is 10.2. The lowest BCUT2D eigenvalue weighted by Gasteiger charge is -2.09. The number of carbonyl (C=O) groups is 1. The van der Waals surface area contributed by atoms with Crippen molar-refractivity contribution in [2.24, 2.45) is 0 Å². The fourth-order valence-corrected chi connectivity index (χ4v) is 1.47. The number of unbranched alkanes of at least 4 members (excludes halogenated alkanes) is 1. The van der Waals surface area contributed by atoms with E-state index in [0.717, 1.165) is 25.9 Å². The zero-order chi connectivity index (χ0) is 10.2. The Hall–Kier alpha value is -0.610. The maximum absolute atomic E-state index is 10.2. The van der Waals surface area contributed by atoms with Gasteiger partial charge in [0.2, 0.25) is 0 Å². The lowest BCUT2D eigenvalue weighted by atomic mass is 10.2. The van der Waals surface area contributed by atoms with Gasteiger partial charge in [0.25, 0.3) is 0 Å². The van der Waals surface area contributed by atoms with E-state index in [1.54, 1.807) is 0 Å². The van der Waals surface area contributed by atoms with Crippen LogP contribution in [-0.2, 0) is 14.3 Å². The highest BCUT2D eigenvalue weighted by atomic mass is 16.5. The Labute approximate surface area is 84.2 Å². The molecule has 1 rings (SSSR count). The van der Waals surface area contributed by atoms with Crippen LogP contribution in [0.4, 0.5) is 0 Å². The van der Waals surface area contributed by atoms with Gasteiger partial charge in [-0.2, -0.15) is 0 Å². The van der Waals surface area contributed by atoms with Gasteiger partial charge in [-0.3, -0.25) is 4.79 Å². The maximum atomic E-state index is 10.2. The monoisotopic (exact) mass is 202 g/mol. The molecular weight excluding hydrogens is 184 g/mol. The topological polar surface area (TPSA) is 55.8 Å². The van der Waals surface area contributed by atoms with Gasteiger partial charge in [0.05, 0.1) is 12.7 Å². The predicted molar refractivity (Wildman–Crippen MR) is 51.3 cm³/mol. The Morgan fingerprint density at radius 2 is 2.36 bits per heavy atom. The van der Waals surface area contributed by atoms with Crippen molar-refractivity contribution in [3.05, 3.63) is 0 Å². The minimum Gasteiger partial charge on any atom is -0.481 e. The number of ether oxygens (including phenoxy) is 2. The van der Waals surface area contributed by atoms with Crippen LogP contribution in [0.5, 0.6) is 0 Å². The van der Waals surface area contributed by atoms with E-state index >= 15 is 0 Å². The second-order valence-corrected chi connectivity index (χ2v) is 3.56. The van der Waals surface area contributed by atoms with Crippen molar-refractivity contribution in [3.8, 4) is 0 Å². The van der Waals surface area contributed by atoms with Gasteiger partial charge in [-0.05, 0) is 25.7 Å². The van der Waals surface area contributed by atoms with Gasteiger partial charge < -0.3 is 14.6 Å². The Bertz CT molecular complexity index is 164. The third-order valence-corrected chi connectivity index (χ3v) is 2.26. The summed E-state index contributed by atoms with van der Waals surface area (Å²) in [5.74, 6) is -0.732. The highest BCUT2D eigenvalue weighted by molar-refractivity contribution is 5.66. The van der Waals surface area contributed by atoms with Crippen LogP contribution in [0.25, 0.3) is 0 Å². The van der Waals surface area contributed by atoms with Crippen LogP contribution < -0.4 is 0 Å². The summed E-state index contributed by atoms with van der Waals surface area (Å²) in [7, 11) is 0. The molecule has 82 valence electrons. The highest BCUT2D eigenvalue weighted by Crippen LogP contribution is 2.12. The van der Waals surface area contributed by atoms with Gasteiger partial charge in [-0.15, -0.1) is 0 Å². The van der Waals surface area contributed by atoms with E-state index in [2.05, 4.69) is 0 Å². The average Bonchev–Trinajstić information content (AvgIpc) is 2.63. The third-order valence-electron chi connectivity index (χ3n) is 2.26. The molecule has 1 heterocycles. The summed E-state index contributed by atoms with van der Waals surface area (Å²) in [6, 6.07) is 0. The van der Waals surface area contributed by atoms with Crippen molar-refractivity contribution < 1.29 is 19.4 Å². The van der Waals surface area contributed by atoms with Crippen molar-refractivity contribution in [1.29, 1.82) is 0 Å². The Kier molecular flexibility index (Phi) is 5.56. The molecule has 4 heteroatoms. The molecule has 0 aromatic rings. The number of carboxylic acids is 1. The van der Waals surface area contributed by atoms with Crippen molar-refractivity contribution in [2.45, 2.75) is 38.2 Å². The third kappa shape index (κ3) is 5.19. The normalized spacial score (nSPS) is 21.3. The van der Waals surface area contributed by atoms with E-state index in [1.165, 1.54) is 0 Å². The molecule has 0 radical (unpaired) electrons. The van der Waals surface area contributed by atoms with Gasteiger partial charge in [-0.1, -0.05) is 0 Å². The summed E-state index contributed by atoms with van der Waals surface area (Å²) in [5.41, 5.74) is 0. The summed E-state index contributed by atoms with van der Waals surface area (Å²) >= 11 is 0. The molecule has 1 atom stereocenters. The molecule has 0 spiro atoms. The molecular formula is C10H18O4. The number of aliphatic carboxylic acids is 1. The van der Waals surface area contributed by atoms with Crippen molar-refractivity contribution in [3.63, 3.8) is 0 Å². The van der Waals surface area contributed by atoms with Crippen LogP contribution in [0.1, 0.15) is 32.1 Å². The molecule has 0 aromatic heterocycles. The SMILES string of the molecule is O=C(O)CCCCOCC1CCCO1. The number of carboxylic acid groups (broad SMARTS) is 1. The van der Waals surface area contributed by atoms with Gasteiger partial charge >= 0.3 is 5.97 Å². The summed E-state index contributed by atoms with van der Waals surface area (Å²) in [5, 5.41) is 8.38. The van der Waals surface area contributed by atoms with Gasteiger partial charge in [0.15, 0.2) is 0 Å². The first kappa shape index (κ1) is 11.5. The zero-order valence-electron chi connectivity index (χ0n) is 8.41. The van der Waals surface area contributed by atoms with Crippen LogP contribution in [0.2, 0.25) is 0 Å². The Morgan fingerprint density at radius 1 is 1.50 bits per heavy atom. The largest absolute Gasteiger partial charge is 0.481 e. The van der Waals surface area contributed by atoms with E-state index in [4.69, 9.17) is 14.6 Å². The van der Waals surface area contributed by atoms with Crippen LogP contribution in [0, 0.1) is 0 Å². The number of rotatable bonds is 7.